The summed E-state index contributed by atoms with van der Waals surface area (Å²) in [5, 5.41) is 11.6. The van der Waals surface area contributed by atoms with Crippen molar-refractivity contribution in [2.24, 2.45) is 0 Å². The van der Waals surface area contributed by atoms with Gasteiger partial charge in [-0.3, -0.25) is 14.5 Å². The monoisotopic (exact) mass is 516 g/mol. The standard InChI is InChI=1S/C29H25FN2O4S/c1-3-4-14-36-21-7-5-6-19(16-21)25-24(26(33)18-9-11-20(30)12-10-18)27(34)28(35)32(25)29-31-22-13-8-17(2)15-23(22)37-29/h5-13,15-16,25,33H,3-4,14H2,1-2H3. The van der Waals surface area contributed by atoms with Gasteiger partial charge in [-0.1, -0.05) is 42.9 Å². The van der Waals surface area contributed by atoms with Crippen molar-refractivity contribution in [3.63, 3.8) is 0 Å². The zero-order valence-corrected chi connectivity index (χ0v) is 21.2. The molecule has 0 radical (unpaired) electrons. The summed E-state index contributed by atoms with van der Waals surface area (Å²) >= 11 is 1.30. The Morgan fingerprint density at radius 3 is 2.65 bits per heavy atom. The van der Waals surface area contributed by atoms with E-state index in [1.54, 1.807) is 18.2 Å². The number of halogens is 1. The lowest BCUT2D eigenvalue weighted by Gasteiger charge is -2.23. The second kappa shape index (κ2) is 10.1. The summed E-state index contributed by atoms with van der Waals surface area (Å²) in [6.45, 7) is 4.58. The lowest BCUT2D eigenvalue weighted by Crippen LogP contribution is -2.29. The molecular weight excluding hydrogens is 491 g/mol. The van der Waals surface area contributed by atoms with Crippen LogP contribution in [0.2, 0.25) is 0 Å². The van der Waals surface area contributed by atoms with E-state index in [-0.39, 0.29) is 16.9 Å². The van der Waals surface area contributed by atoms with Crippen LogP contribution in [0.15, 0.2) is 72.3 Å². The molecule has 1 N–H and O–H groups in total. The number of aliphatic hydroxyl groups excluding tert-OH is 1. The van der Waals surface area contributed by atoms with Crippen LogP contribution < -0.4 is 9.64 Å². The molecule has 1 aliphatic heterocycles. The van der Waals surface area contributed by atoms with Gasteiger partial charge in [-0.05, 0) is 73.0 Å². The summed E-state index contributed by atoms with van der Waals surface area (Å²) in [6, 6.07) is 17.1. The van der Waals surface area contributed by atoms with Crippen molar-refractivity contribution in [2.45, 2.75) is 32.7 Å². The second-order valence-electron chi connectivity index (χ2n) is 8.92. The molecule has 1 saturated heterocycles. The van der Waals surface area contributed by atoms with E-state index in [1.165, 1.54) is 40.5 Å². The van der Waals surface area contributed by atoms with Gasteiger partial charge in [-0.25, -0.2) is 9.37 Å². The van der Waals surface area contributed by atoms with Gasteiger partial charge in [-0.2, -0.15) is 0 Å². The number of carbonyl (C=O) groups excluding carboxylic acids is 2. The summed E-state index contributed by atoms with van der Waals surface area (Å²) in [4.78, 5) is 32.8. The highest BCUT2D eigenvalue weighted by Gasteiger charge is 2.48. The quantitative estimate of drug-likeness (QED) is 0.130. The molecule has 0 bridgehead atoms. The van der Waals surface area contributed by atoms with Crippen molar-refractivity contribution >= 4 is 44.1 Å². The maximum Gasteiger partial charge on any atom is 0.301 e. The Morgan fingerprint density at radius 2 is 1.89 bits per heavy atom. The number of rotatable bonds is 7. The highest BCUT2D eigenvalue weighted by Crippen LogP contribution is 2.45. The Morgan fingerprint density at radius 1 is 1.11 bits per heavy atom. The molecular formula is C29H25FN2O4S. The van der Waals surface area contributed by atoms with Gasteiger partial charge in [0.25, 0.3) is 5.78 Å². The average Bonchev–Trinajstić information content (AvgIpc) is 3.42. The Bertz CT molecular complexity index is 1530. The molecule has 1 atom stereocenters. The van der Waals surface area contributed by atoms with Gasteiger partial charge in [-0.15, -0.1) is 0 Å². The molecule has 0 aliphatic carbocycles. The number of hydrogen-bond acceptors (Lipinski definition) is 6. The first-order valence-electron chi connectivity index (χ1n) is 12.0. The maximum atomic E-state index is 13.5. The van der Waals surface area contributed by atoms with Crippen LogP contribution in [0.5, 0.6) is 5.75 Å². The molecule has 37 heavy (non-hydrogen) atoms. The number of carbonyl (C=O) groups is 2. The number of benzene rings is 3. The van der Waals surface area contributed by atoms with Crippen LogP contribution in [0.1, 0.15) is 42.5 Å². The highest BCUT2D eigenvalue weighted by atomic mass is 32.1. The van der Waals surface area contributed by atoms with Gasteiger partial charge in [0.15, 0.2) is 5.13 Å². The molecule has 1 unspecified atom stereocenters. The van der Waals surface area contributed by atoms with E-state index in [2.05, 4.69) is 11.9 Å². The van der Waals surface area contributed by atoms with E-state index in [0.29, 0.717) is 28.6 Å². The van der Waals surface area contributed by atoms with Crippen molar-refractivity contribution in [3.05, 3.63) is 94.8 Å². The molecule has 8 heteroatoms. The predicted molar refractivity (Wildman–Crippen MR) is 142 cm³/mol. The number of ketones is 1. The van der Waals surface area contributed by atoms with Gasteiger partial charge < -0.3 is 9.84 Å². The molecule has 0 spiro atoms. The van der Waals surface area contributed by atoms with E-state index in [4.69, 9.17) is 4.74 Å². The maximum absolute atomic E-state index is 13.5. The SMILES string of the molecule is CCCCOc1cccc(C2C(=C(O)c3ccc(F)cc3)C(=O)C(=O)N2c2nc3ccc(C)cc3s2)c1. The number of ether oxygens (including phenoxy) is 1. The van der Waals surface area contributed by atoms with Crippen LogP contribution in [0.4, 0.5) is 9.52 Å². The Labute approximate surface area is 217 Å². The van der Waals surface area contributed by atoms with Crippen LogP contribution in [0.3, 0.4) is 0 Å². The molecule has 1 amide bonds. The fourth-order valence-electron chi connectivity index (χ4n) is 4.34. The van der Waals surface area contributed by atoms with E-state index in [0.717, 1.165) is 23.1 Å². The van der Waals surface area contributed by atoms with Crippen molar-refractivity contribution in [1.82, 2.24) is 4.98 Å². The topological polar surface area (TPSA) is 79.7 Å². The molecule has 188 valence electrons. The second-order valence-corrected chi connectivity index (χ2v) is 9.93. The van der Waals surface area contributed by atoms with Crippen LogP contribution in [0, 0.1) is 12.7 Å². The number of hydrogen-bond donors (Lipinski definition) is 1. The van der Waals surface area contributed by atoms with Gasteiger partial charge in [0.05, 0.1) is 28.4 Å². The van der Waals surface area contributed by atoms with Crippen LogP contribution in [0.25, 0.3) is 16.0 Å². The molecule has 1 aromatic heterocycles. The third-order valence-electron chi connectivity index (χ3n) is 6.24. The number of fused-ring (bicyclic) bond motifs is 1. The van der Waals surface area contributed by atoms with Gasteiger partial charge in [0, 0.05) is 5.56 Å². The number of amides is 1. The van der Waals surface area contributed by atoms with E-state index in [9.17, 15) is 19.1 Å². The first-order chi connectivity index (χ1) is 17.9. The summed E-state index contributed by atoms with van der Waals surface area (Å²) in [6.07, 6.45) is 1.87. The number of aryl methyl sites for hydroxylation is 1. The number of nitrogens with zero attached hydrogens (tertiary/aromatic N) is 2. The number of unbranched alkanes of at least 4 members (excludes halogenated alkanes) is 1. The number of aliphatic hydroxyl groups is 1. The zero-order chi connectivity index (χ0) is 26.1. The highest BCUT2D eigenvalue weighted by molar-refractivity contribution is 7.22. The van der Waals surface area contributed by atoms with Crippen LogP contribution >= 0.6 is 11.3 Å². The molecule has 6 nitrogen and oxygen atoms in total. The summed E-state index contributed by atoms with van der Waals surface area (Å²) in [5.74, 6) is -1.88. The van der Waals surface area contributed by atoms with Crippen LogP contribution in [-0.2, 0) is 9.59 Å². The minimum absolute atomic E-state index is 0.0854. The zero-order valence-electron chi connectivity index (χ0n) is 20.4. The van der Waals surface area contributed by atoms with Crippen molar-refractivity contribution < 1.29 is 23.8 Å². The van der Waals surface area contributed by atoms with E-state index < -0.39 is 23.5 Å². The van der Waals surface area contributed by atoms with Crippen LogP contribution in [-0.4, -0.2) is 28.4 Å². The smallest absolute Gasteiger partial charge is 0.301 e. The minimum Gasteiger partial charge on any atom is -0.507 e. The fourth-order valence-corrected chi connectivity index (χ4v) is 5.43. The van der Waals surface area contributed by atoms with Crippen molar-refractivity contribution in [2.75, 3.05) is 11.5 Å². The minimum atomic E-state index is -0.943. The Kier molecular flexibility index (Phi) is 6.76. The first kappa shape index (κ1) is 24.6. The van der Waals surface area contributed by atoms with Crippen molar-refractivity contribution in [1.29, 1.82) is 0 Å². The van der Waals surface area contributed by atoms with Gasteiger partial charge in [0.2, 0.25) is 0 Å². The lowest BCUT2D eigenvalue weighted by molar-refractivity contribution is -0.132. The Balaban J connectivity index is 1.67. The third-order valence-corrected chi connectivity index (χ3v) is 7.26. The molecule has 0 saturated carbocycles. The van der Waals surface area contributed by atoms with E-state index in [1.807, 2.05) is 31.2 Å². The van der Waals surface area contributed by atoms with Gasteiger partial charge >= 0.3 is 5.91 Å². The normalized spacial score (nSPS) is 17.1. The number of Topliss-reactive ketones (excluding diaryl/α,β-unsaturated/α-hetero) is 1. The fraction of sp³-hybridized carbons (Fsp3) is 0.207. The lowest BCUT2D eigenvalue weighted by atomic mass is 9.95. The van der Waals surface area contributed by atoms with E-state index >= 15 is 0 Å². The summed E-state index contributed by atoms with van der Waals surface area (Å²) in [5.41, 5.74) is 2.50. The molecule has 2 heterocycles. The molecule has 1 aliphatic rings. The largest absolute Gasteiger partial charge is 0.507 e. The summed E-state index contributed by atoms with van der Waals surface area (Å²) < 4.78 is 20.3. The number of thiazole rings is 1. The number of aromatic nitrogens is 1. The third kappa shape index (κ3) is 4.72. The summed E-state index contributed by atoms with van der Waals surface area (Å²) in [7, 11) is 0. The number of anilines is 1. The van der Waals surface area contributed by atoms with Gasteiger partial charge in [0.1, 0.15) is 17.3 Å². The molecule has 4 aromatic rings. The molecule has 1 fully saturated rings. The molecule has 5 rings (SSSR count). The Hall–Kier alpha value is -4.04. The van der Waals surface area contributed by atoms with Crippen molar-refractivity contribution in [3.8, 4) is 5.75 Å². The predicted octanol–water partition coefficient (Wildman–Crippen LogP) is 6.55. The molecule has 3 aromatic carbocycles. The average molecular weight is 517 g/mol. The first-order valence-corrected chi connectivity index (χ1v) is 12.9.